The lowest BCUT2D eigenvalue weighted by Gasteiger charge is -2.31. The number of carbonyl (C=O) groups excluding carboxylic acids is 1. The summed E-state index contributed by atoms with van der Waals surface area (Å²) in [6, 6.07) is 21.4. The van der Waals surface area contributed by atoms with E-state index >= 15 is 0 Å². The van der Waals surface area contributed by atoms with Crippen molar-refractivity contribution in [2.45, 2.75) is 9.79 Å². The van der Waals surface area contributed by atoms with Crippen LogP contribution in [-0.2, 0) is 24.8 Å². The molecule has 0 unspecified atom stereocenters. The first kappa shape index (κ1) is 25.7. The zero-order valence-corrected chi connectivity index (χ0v) is 21.8. The van der Waals surface area contributed by atoms with Crippen molar-refractivity contribution in [2.24, 2.45) is 0 Å². The van der Waals surface area contributed by atoms with Crippen LogP contribution in [0.25, 0.3) is 11.1 Å². The second-order valence-corrected chi connectivity index (χ2v) is 12.3. The Morgan fingerprint density at radius 2 is 1.53 bits per heavy atom. The molecule has 1 amide bonds. The first-order valence-corrected chi connectivity index (χ1v) is 14.4. The Balaban J connectivity index is 1.34. The lowest BCUT2D eigenvalue weighted by atomic mass is 10.0. The van der Waals surface area contributed by atoms with E-state index in [1.165, 1.54) is 54.6 Å². The summed E-state index contributed by atoms with van der Waals surface area (Å²) in [5.41, 5.74) is 1.47. The Hall–Kier alpha value is -3.93. The van der Waals surface area contributed by atoms with Crippen LogP contribution in [0.2, 0.25) is 5.02 Å². The molecule has 0 radical (unpaired) electrons. The Kier molecular flexibility index (Phi) is 6.59. The number of hydrogen-bond donors (Lipinski definition) is 2. The molecule has 8 nitrogen and oxygen atoms in total. The van der Waals surface area contributed by atoms with Crippen molar-refractivity contribution in [3.63, 3.8) is 0 Å². The summed E-state index contributed by atoms with van der Waals surface area (Å²) < 4.78 is 69.4. The highest BCUT2D eigenvalue weighted by Crippen LogP contribution is 2.43. The van der Waals surface area contributed by atoms with E-state index in [0.29, 0.717) is 21.8 Å². The highest BCUT2D eigenvalue weighted by molar-refractivity contribution is 7.93. The molecule has 194 valence electrons. The number of halogens is 2. The molecule has 0 spiro atoms. The number of nitrogens with one attached hydrogen (secondary N) is 2. The molecule has 4 aromatic carbocycles. The first-order chi connectivity index (χ1) is 18.0. The minimum absolute atomic E-state index is 0.0337. The molecule has 0 fully saturated rings. The van der Waals surface area contributed by atoms with Crippen LogP contribution in [0.15, 0.2) is 101 Å². The second kappa shape index (κ2) is 9.75. The molecule has 0 atom stereocenters. The molecule has 4 aromatic rings. The summed E-state index contributed by atoms with van der Waals surface area (Å²) in [4.78, 5) is 12.8. The summed E-state index contributed by atoms with van der Waals surface area (Å²) in [5.74, 6) is -1.21. The summed E-state index contributed by atoms with van der Waals surface area (Å²) in [6.45, 7) is -0.576. The van der Waals surface area contributed by atoms with Gasteiger partial charge in [-0.1, -0.05) is 29.8 Å². The van der Waals surface area contributed by atoms with Gasteiger partial charge in [-0.3, -0.25) is 13.8 Å². The zero-order chi connectivity index (χ0) is 27.1. The Morgan fingerprint density at radius 1 is 0.868 bits per heavy atom. The fraction of sp³-hybridized carbons (Fsp3) is 0.0385. The molecular formula is C26H19ClFN3O5S2. The molecule has 5 rings (SSSR count). The molecule has 1 aliphatic rings. The number of sulfonamides is 2. The van der Waals surface area contributed by atoms with Gasteiger partial charge in [0, 0.05) is 27.5 Å². The highest BCUT2D eigenvalue weighted by Gasteiger charge is 2.36. The molecule has 38 heavy (non-hydrogen) atoms. The predicted molar refractivity (Wildman–Crippen MR) is 144 cm³/mol. The Labute approximate surface area is 223 Å². The van der Waals surface area contributed by atoms with Crippen LogP contribution in [0, 0.1) is 5.82 Å². The van der Waals surface area contributed by atoms with Crippen LogP contribution in [-0.4, -0.2) is 29.3 Å². The number of fused-ring (bicyclic) bond motifs is 3. The van der Waals surface area contributed by atoms with Gasteiger partial charge < -0.3 is 5.32 Å². The van der Waals surface area contributed by atoms with Gasteiger partial charge in [-0.2, -0.15) is 0 Å². The number of nitrogens with zero attached hydrogens (tertiary/aromatic N) is 1. The predicted octanol–water partition coefficient (Wildman–Crippen LogP) is 5.09. The summed E-state index contributed by atoms with van der Waals surface area (Å²) >= 11 is 5.83. The molecule has 0 saturated heterocycles. The van der Waals surface area contributed by atoms with E-state index in [1.807, 2.05) is 0 Å². The van der Waals surface area contributed by atoms with E-state index in [9.17, 15) is 26.0 Å². The van der Waals surface area contributed by atoms with E-state index in [4.69, 9.17) is 11.6 Å². The first-order valence-electron chi connectivity index (χ1n) is 11.1. The topological polar surface area (TPSA) is 113 Å². The van der Waals surface area contributed by atoms with E-state index in [1.54, 1.807) is 30.3 Å². The number of anilines is 3. The third kappa shape index (κ3) is 4.95. The summed E-state index contributed by atoms with van der Waals surface area (Å²) in [7, 11) is -8.00. The van der Waals surface area contributed by atoms with Gasteiger partial charge in [0.25, 0.3) is 20.0 Å². The molecule has 0 bridgehead atoms. The van der Waals surface area contributed by atoms with Gasteiger partial charge in [-0.05, 0) is 72.8 Å². The lowest BCUT2D eigenvalue weighted by molar-refractivity contribution is -0.114. The van der Waals surface area contributed by atoms with Crippen LogP contribution in [0.1, 0.15) is 0 Å². The van der Waals surface area contributed by atoms with Crippen LogP contribution in [0.3, 0.4) is 0 Å². The monoisotopic (exact) mass is 571 g/mol. The zero-order valence-electron chi connectivity index (χ0n) is 19.4. The maximum Gasteiger partial charge on any atom is 0.265 e. The van der Waals surface area contributed by atoms with Gasteiger partial charge in [0.05, 0.1) is 15.5 Å². The van der Waals surface area contributed by atoms with Crippen LogP contribution >= 0.6 is 11.6 Å². The standard InChI is InChI=1S/C26H19ClFN3O5S2/c27-17-5-8-20(9-6-17)30-37(33,34)21-12-10-19(11-13-21)29-26(32)16-31-24-14-7-18(28)15-23(24)22-3-1-2-4-25(22)38(31,35)36/h1-15,30H,16H2,(H,29,32). The molecular weight excluding hydrogens is 553 g/mol. The SMILES string of the molecule is O=C(CN1c2ccc(F)cc2-c2ccccc2S1(=O)=O)Nc1ccc(S(=O)(=O)Nc2ccc(Cl)cc2)cc1. The van der Waals surface area contributed by atoms with Crippen molar-refractivity contribution >= 4 is 54.6 Å². The van der Waals surface area contributed by atoms with E-state index in [-0.39, 0.29) is 21.2 Å². The van der Waals surface area contributed by atoms with E-state index < -0.39 is 38.3 Å². The van der Waals surface area contributed by atoms with E-state index in [0.717, 1.165) is 10.4 Å². The van der Waals surface area contributed by atoms with Crippen LogP contribution in [0.4, 0.5) is 21.5 Å². The lowest BCUT2D eigenvalue weighted by Crippen LogP contribution is -2.40. The third-order valence-electron chi connectivity index (χ3n) is 5.80. The number of amides is 1. The fourth-order valence-corrected chi connectivity index (χ4v) is 6.89. The second-order valence-electron chi connectivity index (χ2n) is 8.35. The van der Waals surface area contributed by atoms with Crippen molar-refractivity contribution in [2.75, 3.05) is 20.9 Å². The quantitative estimate of drug-likeness (QED) is 0.334. The van der Waals surface area contributed by atoms with Gasteiger partial charge in [0.2, 0.25) is 5.91 Å². The fourth-order valence-electron chi connectivity index (χ4n) is 4.05. The maximum absolute atomic E-state index is 14.0. The van der Waals surface area contributed by atoms with Gasteiger partial charge in [-0.15, -0.1) is 0 Å². The number of carbonyl (C=O) groups is 1. The molecule has 12 heteroatoms. The molecule has 0 aliphatic carbocycles. The van der Waals surface area contributed by atoms with Crippen molar-refractivity contribution in [1.82, 2.24) is 0 Å². The van der Waals surface area contributed by atoms with Gasteiger partial charge >= 0.3 is 0 Å². The summed E-state index contributed by atoms with van der Waals surface area (Å²) in [5, 5.41) is 3.04. The minimum atomic E-state index is -4.10. The van der Waals surface area contributed by atoms with Crippen molar-refractivity contribution in [3.8, 4) is 11.1 Å². The summed E-state index contributed by atoms with van der Waals surface area (Å²) in [6.07, 6.45) is 0. The Morgan fingerprint density at radius 3 is 2.24 bits per heavy atom. The Bertz CT molecular complexity index is 1760. The number of hydrogen-bond acceptors (Lipinski definition) is 5. The average molecular weight is 572 g/mol. The van der Waals surface area contributed by atoms with Crippen molar-refractivity contribution in [3.05, 3.63) is 102 Å². The number of rotatable bonds is 6. The molecule has 1 heterocycles. The number of benzene rings is 4. The van der Waals surface area contributed by atoms with E-state index in [2.05, 4.69) is 10.0 Å². The smallest absolute Gasteiger partial charge is 0.265 e. The normalized spacial score (nSPS) is 13.8. The van der Waals surface area contributed by atoms with Gasteiger partial charge in [-0.25, -0.2) is 21.2 Å². The average Bonchev–Trinajstić information content (AvgIpc) is 2.88. The van der Waals surface area contributed by atoms with Gasteiger partial charge in [0.1, 0.15) is 12.4 Å². The highest BCUT2D eigenvalue weighted by atomic mass is 35.5. The molecule has 0 aromatic heterocycles. The molecule has 2 N–H and O–H groups in total. The molecule has 0 saturated carbocycles. The largest absolute Gasteiger partial charge is 0.325 e. The van der Waals surface area contributed by atoms with Gasteiger partial charge in [0.15, 0.2) is 0 Å². The molecule has 1 aliphatic heterocycles. The van der Waals surface area contributed by atoms with Crippen LogP contribution in [0.5, 0.6) is 0 Å². The van der Waals surface area contributed by atoms with Crippen molar-refractivity contribution < 1.29 is 26.0 Å². The maximum atomic E-state index is 14.0. The van der Waals surface area contributed by atoms with Crippen LogP contribution < -0.4 is 14.3 Å². The van der Waals surface area contributed by atoms with Crippen molar-refractivity contribution in [1.29, 1.82) is 0 Å². The third-order valence-corrected chi connectivity index (χ3v) is 9.27. The minimum Gasteiger partial charge on any atom is -0.325 e.